The molecule has 10 aromatic carbocycles. The van der Waals surface area contributed by atoms with Gasteiger partial charge in [-0.15, -0.1) is 0 Å². The summed E-state index contributed by atoms with van der Waals surface area (Å²) in [7, 11) is 0. The zero-order valence-electron chi connectivity index (χ0n) is 34.6. The van der Waals surface area contributed by atoms with E-state index in [0.29, 0.717) is 0 Å². The SMILES string of the molecule is c1ccc(-c2ccc(N3c4cc(-c5ccccc5)ccc4B4c5c(-c6ccccc6)cccc5N(c5ccccc5-c5ccccc5)c5cc(-c6ccccc6)cc3c54)cc2)cc1. The molecule has 0 aromatic heterocycles. The van der Waals surface area contributed by atoms with Crippen LogP contribution in [0.5, 0.6) is 0 Å². The Labute approximate surface area is 369 Å². The molecule has 2 aliphatic heterocycles. The monoisotopic (exact) mass is 800 g/mol. The molecule has 0 saturated heterocycles. The largest absolute Gasteiger partial charge is 0.311 e. The van der Waals surface area contributed by atoms with Crippen LogP contribution in [0.15, 0.2) is 249 Å². The summed E-state index contributed by atoms with van der Waals surface area (Å²) in [5, 5.41) is 0. The molecule has 10 aromatic rings. The van der Waals surface area contributed by atoms with Crippen molar-refractivity contribution >= 4 is 57.2 Å². The van der Waals surface area contributed by atoms with E-state index in [1.54, 1.807) is 0 Å². The third-order valence-corrected chi connectivity index (χ3v) is 12.9. The van der Waals surface area contributed by atoms with Gasteiger partial charge in [-0.25, -0.2) is 0 Å². The summed E-state index contributed by atoms with van der Waals surface area (Å²) in [4.78, 5) is 5.10. The lowest BCUT2D eigenvalue weighted by Gasteiger charge is -2.45. The van der Waals surface area contributed by atoms with Gasteiger partial charge in [0.15, 0.2) is 0 Å². The molecular weight excluding hydrogens is 759 g/mol. The van der Waals surface area contributed by atoms with Crippen LogP contribution in [-0.2, 0) is 0 Å². The maximum atomic E-state index is 2.56. The Bertz CT molecular complexity index is 3260. The molecule has 2 aliphatic rings. The number of hydrogen-bond acceptors (Lipinski definition) is 2. The highest BCUT2D eigenvalue weighted by molar-refractivity contribution is 7.01. The first-order chi connectivity index (χ1) is 31.3. The fourth-order valence-corrected chi connectivity index (χ4v) is 10.0. The molecule has 294 valence electrons. The second-order valence-corrected chi connectivity index (χ2v) is 16.4. The van der Waals surface area contributed by atoms with E-state index < -0.39 is 0 Å². The maximum absolute atomic E-state index is 2.56. The van der Waals surface area contributed by atoms with Crippen LogP contribution in [0.25, 0.3) is 55.6 Å². The van der Waals surface area contributed by atoms with E-state index in [-0.39, 0.29) is 6.71 Å². The molecule has 0 amide bonds. The normalized spacial score (nSPS) is 12.3. The van der Waals surface area contributed by atoms with E-state index in [1.807, 2.05) is 0 Å². The van der Waals surface area contributed by atoms with Gasteiger partial charge in [0.05, 0.1) is 5.69 Å². The maximum Gasteiger partial charge on any atom is 0.252 e. The average molecular weight is 801 g/mol. The molecule has 2 nitrogen and oxygen atoms in total. The van der Waals surface area contributed by atoms with Crippen molar-refractivity contribution in [3.8, 4) is 55.6 Å². The standard InChI is InChI=1S/C60H41BN2/c1-6-19-42(20-7-1)45-33-36-50(37-34-45)62-56-39-48(43-21-8-2-9-22-43)35-38-53(56)61-59-52(47-27-14-5-15-28-47)30-18-32-55(59)63(54-31-17-16-29-51(54)46-25-12-4-13-26-46)58-41-49(40-57(62)60(58)61)44-23-10-3-11-24-44/h1-41H. The molecule has 2 heterocycles. The Hall–Kier alpha value is -8.14. The molecule has 0 aliphatic carbocycles. The summed E-state index contributed by atoms with van der Waals surface area (Å²) < 4.78 is 0. The lowest BCUT2D eigenvalue weighted by molar-refractivity contribution is 1.25. The quantitative estimate of drug-likeness (QED) is 0.148. The smallest absolute Gasteiger partial charge is 0.252 e. The molecule has 63 heavy (non-hydrogen) atoms. The van der Waals surface area contributed by atoms with Crippen LogP contribution < -0.4 is 26.2 Å². The van der Waals surface area contributed by atoms with Crippen molar-refractivity contribution in [1.29, 1.82) is 0 Å². The Morgan fingerprint density at radius 3 is 1.29 bits per heavy atom. The average Bonchev–Trinajstić information content (AvgIpc) is 3.37. The van der Waals surface area contributed by atoms with Crippen molar-refractivity contribution in [3.05, 3.63) is 249 Å². The van der Waals surface area contributed by atoms with Crippen LogP contribution in [0, 0.1) is 0 Å². The van der Waals surface area contributed by atoms with Crippen LogP contribution in [0.4, 0.5) is 34.1 Å². The van der Waals surface area contributed by atoms with Gasteiger partial charge in [-0.05, 0) is 109 Å². The molecule has 0 N–H and O–H groups in total. The van der Waals surface area contributed by atoms with Gasteiger partial charge >= 0.3 is 0 Å². The van der Waals surface area contributed by atoms with E-state index >= 15 is 0 Å². The van der Waals surface area contributed by atoms with Gasteiger partial charge in [0.25, 0.3) is 6.71 Å². The highest BCUT2D eigenvalue weighted by atomic mass is 15.2. The van der Waals surface area contributed by atoms with Crippen LogP contribution in [-0.4, -0.2) is 6.71 Å². The van der Waals surface area contributed by atoms with Gasteiger partial charge in [0.2, 0.25) is 0 Å². The summed E-state index contributed by atoms with van der Waals surface area (Å²) in [6, 6.07) is 91.2. The Kier molecular flexibility index (Phi) is 8.97. The summed E-state index contributed by atoms with van der Waals surface area (Å²) in [5.41, 5.74) is 22.8. The summed E-state index contributed by atoms with van der Waals surface area (Å²) in [6.07, 6.45) is 0. The number of nitrogens with zero attached hydrogens (tertiary/aromatic N) is 2. The summed E-state index contributed by atoms with van der Waals surface area (Å²) in [6.45, 7) is -0.0639. The third-order valence-electron chi connectivity index (χ3n) is 12.9. The molecule has 0 atom stereocenters. The van der Waals surface area contributed by atoms with Gasteiger partial charge < -0.3 is 9.80 Å². The second-order valence-electron chi connectivity index (χ2n) is 16.4. The predicted molar refractivity (Wildman–Crippen MR) is 268 cm³/mol. The minimum absolute atomic E-state index is 0.0639. The van der Waals surface area contributed by atoms with E-state index in [0.717, 1.165) is 11.4 Å². The number of rotatable bonds is 7. The number of para-hydroxylation sites is 1. The van der Waals surface area contributed by atoms with Crippen molar-refractivity contribution in [2.75, 3.05) is 9.80 Å². The predicted octanol–water partition coefficient (Wildman–Crippen LogP) is 14.1. The minimum Gasteiger partial charge on any atom is -0.311 e. The highest BCUT2D eigenvalue weighted by Crippen LogP contribution is 2.49. The van der Waals surface area contributed by atoms with Gasteiger partial charge in [-0.2, -0.15) is 0 Å². The molecule has 3 heteroatoms. The van der Waals surface area contributed by atoms with Crippen LogP contribution >= 0.6 is 0 Å². The van der Waals surface area contributed by atoms with Gasteiger partial charge in [-0.1, -0.05) is 206 Å². The second kappa shape index (κ2) is 15.4. The van der Waals surface area contributed by atoms with Gasteiger partial charge in [-0.3, -0.25) is 0 Å². The molecule has 0 unspecified atom stereocenters. The topological polar surface area (TPSA) is 6.48 Å². The molecule has 0 saturated carbocycles. The van der Waals surface area contributed by atoms with Crippen LogP contribution in [0.3, 0.4) is 0 Å². The molecule has 0 radical (unpaired) electrons. The fourth-order valence-electron chi connectivity index (χ4n) is 10.0. The van der Waals surface area contributed by atoms with Gasteiger partial charge in [0.1, 0.15) is 0 Å². The minimum atomic E-state index is -0.0639. The van der Waals surface area contributed by atoms with Crippen LogP contribution in [0.1, 0.15) is 0 Å². The third kappa shape index (κ3) is 6.28. The first-order valence-corrected chi connectivity index (χ1v) is 21.8. The highest BCUT2D eigenvalue weighted by Gasteiger charge is 2.45. The Morgan fingerprint density at radius 2 is 0.667 bits per heavy atom. The van der Waals surface area contributed by atoms with E-state index in [9.17, 15) is 0 Å². The Balaban J connectivity index is 1.20. The Morgan fingerprint density at radius 1 is 0.238 bits per heavy atom. The lowest BCUT2D eigenvalue weighted by Crippen LogP contribution is -2.62. The van der Waals surface area contributed by atoms with Crippen molar-refractivity contribution in [1.82, 2.24) is 0 Å². The van der Waals surface area contributed by atoms with Crippen molar-refractivity contribution < 1.29 is 0 Å². The van der Waals surface area contributed by atoms with Crippen molar-refractivity contribution in [2.45, 2.75) is 0 Å². The lowest BCUT2D eigenvalue weighted by atomic mass is 9.32. The molecular formula is C60H41BN2. The number of benzene rings is 10. The fraction of sp³-hybridized carbons (Fsp3) is 0. The number of anilines is 6. The van der Waals surface area contributed by atoms with Crippen molar-refractivity contribution in [2.24, 2.45) is 0 Å². The molecule has 0 spiro atoms. The zero-order chi connectivity index (χ0) is 41.7. The van der Waals surface area contributed by atoms with E-state index in [2.05, 4.69) is 259 Å². The number of hydrogen-bond donors (Lipinski definition) is 0. The van der Waals surface area contributed by atoms with Gasteiger partial charge in [0, 0.05) is 34.0 Å². The first-order valence-electron chi connectivity index (χ1n) is 21.8. The zero-order valence-corrected chi connectivity index (χ0v) is 34.6. The molecule has 0 bridgehead atoms. The van der Waals surface area contributed by atoms with Crippen LogP contribution in [0.2, 0.25) is 0 Å². The first kappa shape index (κ1) is 36.7. The van der Waals surface area contributed by atoms with Crippen molar-refractivity contribution in [3.63, 3.8) is 0 Å². The van der Waals surface area contributed by atoms with E-state index in [4.69, 9.17) is 0 Å². The van der Waals surface area contributed by atoms with E-state index in [1.165, 1.54) is 94.8 Å². The molecule has 12 rings (SSSR count). The summed E-state index contributed by atoms with van der Waals surface area (Å²) >= 11 is 0. The summed E-state index contributed by atoms with van der Waals surface area (Å²) in [5.74, 6) is 0. The molecule has 0 fully saturated rings. The number of fused-ring (bicyclic) bond motifs is 4.